The Kier molecular flexibility index (Phi) is 4.60. The fourth-order valence-electron chi connectivity index (χ4n) is 1.40. The van der Waals surface area contributed by atoms with Crippen LogP contribution in [0.25, 0.3) is 0 Å². The molecule has 102 valence electrons. The van der Waals surface area contributed by atoms with Crippen molar-refractivity contribution in [3.63, 3.8) is 0 Å². The number of amides is 3. The van der Waals surface area contributed by atoms with Gasteiger partial charge in [-0.1, -0.05) is 6.92 Å². The third-order valence-electron chi connectivity index (χ3n) is 2.55. The number of hydrogen-bond acceptors (Lipinski definition) is 4. The molecule has 3 amide bonds. The van der Waals surface area contributed by atoms with Gasteiger partial charge in [0.25, 0.3) is 0 Å². The molecule has 0 fully saturated rings. The Morgan fingerprint density at radius 1 is 1.11 bits per heavy atom. The zero-order valence-corrected chi connectivity index (χ0v) is 10.5. The summed E-state index contributed by atoms with van der Waals surface area (Å²) >= 11 is 0. The van der Waals surface area contributed by atoms with Crippen LogP contribution >= 0.6 is 0 Å². The van der Waals surface area contributed by atoms with Crippen LogP contribution in [-0.4, -0.2) is 23.8 Å². The number of carbonyl (C=O) groups is 3. The SMILES string of the molecule is CC[C@H](N)C(=O)Nc1cc(C(N)=O)cc(C(N)=O)c1. The summed E-state index contributed by atoms with van der Waals surface area (Å²) in [6.45, 7) is 1.76. The summed E-state index contributed by atoms with van der Waals surface area (Å²) in [7, 11) is 0. The summed E-state index contributed by atoms with van der Waals surface area (Å²) in [4.78, 5) is 33.9. The minimum Gasteiger partial charge on any atom is -0.366 e. The van der Waals surface area contributed by atoms with Crippen LogP contribution in [0.15, 0.2) is 18.2 Å². The number of nitrogens with one attached hydrogen (secondary N) is 1. The molecule has 7 nitrogen and oxygen atoms in total. The van der Waals surface area contributed by atoms with Gasteiger partial charge >= 0.3 is 0 Å². The van der Waals surface area contributed by atoms with Crippen molar-refractivity contribution >= 4 is 23.4 Å². The Hall–Kier alpha value is -2.41. The molecule has 19 heavy (non-hydrogen) atoms. The first-order chi connectivity index (χ1) is 8.85. The second-order valence-electron chi connectivity index (χ2n) is 4.03. The maximum Gasteiger partial charge on any atom is 0.248 e. The van der Waals surface area contributed by atoms with Crippen LogP contribution in [0, 0.1) is 0 Å². The molecule has 0 aliphatic carbocycles. The van der Waals surface area contributed by atoms with Crippen LogP contribution in [0.2, 0.25) is 0 Å². The van der Waals surface area contributed by atoms with Gasteiger partial charge in [0.05, 0.1) is 6.04 Å². The molecule has 1 rings (SSSR count). The number of carbonyl (C=O) groups excluding carboxylic acids is 3. The average molecular weight is 264 g/mol. The van der Waals surface area contributed by atoms with Crippen LogP contribution in [0.1, 0.15) is 34.1 Å². The number of nitrogens with two attached hydrogens (primary N) is 3. The molecule has 0 spiro atoms. The highest BCUT2D eigenvalue weighted by molar-refractivity contribution is 6.02. The predicted molar refractivity (Wildman–Crippen MR) is 70.4 cm³/mol. The fraction of sp³-hybridized carbons (Fsp3) is 0.250. The molecule has 0 saturated carbocycles. The van der Waals surface area contributed by atoms with Gasteiger partial charge in [0, 0.05) is 16.8 Å². The lowest BCUT2D eigenvalue weighted by Gasteiger charge is -2.11. The molecule has 0 unspecified atom stereocenters. The van der Waals surface area contributed by atoms with Crippen molar-refractivity contribution in [2.75, 3.05) is 5.32 Å². The van der Waals surface area contributed by atoms with Crippen LogP contribution in [0.3, 0.4) is 0 Å². The zero-order valence-electron chi connectivity index (χ0n) is 10.5. The van der Waals surface area contributed by atoms with Gasteiger partial charge < -0.3 is 22.5 Å². The van der Waals surface area contributed by atoms with E-state index in [2.05, 4.69) is 5.32 Å². The highest BCUT2D eigenvalue weighted by Crippen LogP contribution is 2.15. The standard InChI is InChI=1S/C12H16N4O3/c1-2-9(13)12(19)16-8-4-6(10(14)17)3-7(5-8)11(15)18/h3-5,9H,2,13H2,1H3,(H2,14,17)(H2,15,18)(H,16,19)/t9-/m0/s1. The lowest BCUT2D eigenvalue weighted by atomic mass is 10.1. The molecule has 1 aromatic rings. The fourth-order valence-corrected chi connectivity index (χ4v) is 1.40. The summed E-state index contributed by atoms with van der Waals surface area (Å²) in [6, 6.07) is 3.30. The third kappa shape index (κ3) is 3.78. The molecule has 0 heterocycles. The largest absolute Gasteiger partial charge is 0.366 e. The molecule has 7 heteroatoms. The van der Waals surface area contributed by atoms with Crippen LogP contribution in [0.4, 0.5) is 5.69 Å². The Morgan fingerprint density at radius 2 is 1.58 bits per heavy atom. The molecule has 0 radical (unpaired) electrons. The summed E-state index contributed by atoms with van der Waals surface area (Å²) < 4.78 is 0. The van der Waals surface area contributed by atoms with Crippen molar-refractivity contribution in [2.45, 2.75) is 19.4 Å². The molecule has 1 atom stereocenters. The van der Waals surface area contributed by atoms with Gasteiger partial charge in [-0.25, -0.2) is 0 Å². The molecule has 0 aromatic heterocycles. The van der Waals surface area contributed by atoms with Crippen molar-refractivity contribution in [1.82, 2.24) is 0 Å². The van der Waals surface area contributed by atoms with Gasteiger partial charge in [-0.3, -0.25) is 14.4 Å². The monoisotopic (exact) mass is 264 g/mol. The average Bonchev–Trinajstić information content (AvgIpc) is 2.37. The van der Waals surface area contributed by atoms with Crippen molar-refractivity contribution < 1.29 is 14.4 Å². The van der Waals surface area contributed by atoms with Crippen LogP contribution < -0.4 is 22.5 Å². The lowest BCUT2D eigenvalue weighted by molar-refractivity contribution is -0.117. The van der Waals surface area contributed by atoms with Crippen molar-refractivity contribution in [3.8, 4) is 0 Å². The highest BCUT2D eigenvalue weighted by Gasteiger charge is 2.14. The summed E-state index contributed by atoms with van der Waals surface area (Å²) in [5.41, 5.74) is 16.3. The second kappa shape index (κ2) is 5.96. The van der Waals surface area contributed by atoms with Crippen molar-refractivity contribution in [3.05, 3.63) is 29.3 Å². The van der Waals surface area contributed by atoms with E-state index in [-0.39, 0.29) is 16.8 Å². The van der Waals surface area contributed by atoms with E-state index in [1.807, 2.05) is 0 Å². The van der Waals surface area contributed by atoms with E-state index in [1.54, 1.807) is 6.92 Å². The van der Waals surface area contributed by atoms with Crippen LogP contribution in [-0.2, 0) is 4.79 Å². The van der Waals surface area contributed by atoms with E-state index in [1.165, 1.54) is 18.2 Å². The number of hydrogen-bond donors (Lipinski definition) is 4. The van der Waals surface area contributed by atoms with Gasteiger partial charge in [0.2, 0.25) is 17.7 Å². The predicted octanol–water partition coefficient (Wildman–Crippen LogP) is -0.440. The number of primary amides is 2. The Morgan fingerprint density at radius 3 is 1.95 bits per heavy atom. The van der Waals surface area contributed by atoms with E-state index >= 15 is 0 Å². The van der Waals surface area contributed by atoms with E-state index in [9.17, 15) is 14.4 Å². The Bertz CT molecular complexity index is 495. The maximum atomic E-state index is 11.6. The zero-order chi connectivity index (χ0) is 14.6. The summed E-state index contributed by atoms with van der Waals surface area (Å²) in [5.74, 6) is -1.86. The first kappa shape index (κ1) is 14.7. The number of rotatable bonds is 5. The van der Waals surface area contributed by atoms with Gasteiger partial charge in [-0.05, 0) is 24.6 Å². The van der Waals surface area contributed by atoms with E-state index in [0.29, 0.717) is 6.42 Å². The first-order valence-corrected chi connectivity index (χ1v) is 5.66. The number of benzene rings is 1. The molecule has 0 saturated heterocycles. The minimum absolute atomic E-state index is 0.0802. The maximum absolute atomic E-state index is 11.6. The third-order valence-corrected chi connectivity index (χ3v) is 2.55. The quantitative estimate of drug-likeness (QED) is 0.572. The summed E-state index contributed by atoms with van der Waals surface area (Å²) in [5, 5.41) is 2.50. The van der Waals surface area contributed by atoms with Crippen molar-refractivity contribution in [1.29, 1.82) is 0 Å². The normalized spacial score (nSPS) is 11.7. The topological polar surface area (TPSA) is 141 Å². The molecule has 7 N–H and O–H groups in total. The Balaban J connectivity index is 3.10. The van der Waals surface area contributed by atoms with Gasteiger partial charge in [-0.2, -0.15) is 0 Å². The smallest absolute Gasteiger partial charge is 0.248 e. The molecule has 0 bridgehead atoms. The molecular weight excluding hydrogens is 248 g/mol. The van der Waals surface area contributed by atoms with Crippen LogP contribution in [0.5, 0.6) is 0 Å². The van der Waals surface area contributed by atoms with E-state index in [0.717, 1.165) is 0 Å². The summed E-state index contributed by atoms with van der Waals surface area (Å²) in [6.07, 6.45) is 0.462. The molecular formula is C12H16N4O3. The van der Waals surface area contributed by atoms with E-state index in [4.69, 9.17) is 17.2 Å². The minimum atomic E-state index is -0.724. The van der Waals surface area contributed by atoms with Gasteiger partial charge in [0.1, 0.15) is 0 Å². The van der Waals surface area contributed by atoms with Gasteiger partial charge in [0.15, 0.2) is 0 Å². The van der Waals surface area contributed by atoms with E-state index < -0.39 is 23.8 Å². The molecule has 0 aliphatic rings. The highest BCUT2D eigenvalue weighted by atomic mass is 16.2. The molecule has 0 aliphatic heterocycles. The molecule has 1 aromatic carbocycles. The number of anilines is 1. The lowest BCUT2D eigenvalue weighted by Crippen LogP contribution is -2.35. The van der Waals surface area contributed by atoms with Crippen molar-refractivity contribution in [2.24, 2.45) is 17.2 Å². The van der Waals surface area contributed by atoms with Gasteiger partial charge in [-0.15, -0.1) is 0 Å². The Labute approximate surface area is 110 Å². The second-order valence-corrected chi connectivity index (χ2v) is 4.03. The first-order valence-electron chi connectivity index (χ1n) is 5.66.